The molecule has 1 nitrogen and oxygen atoms in total. The summed E-state index contributed by atoms with van der Waals surface area (Å²) in [5, 5.41) is 0.190. The lowest BCUT2D eigenvalue weighted by Gasteiger charge is -2.20. The van der Waals surface area contributed by atoms with Crippen LogP contribution in [-0.4, -0.2) is 6.54 Å². The zero-order valence-electron chi connectivity index (χ0n) is 9.13. The first-order valence-electron chi connectivity index (χ1n) is 5.21. The van der Waals surface area contributed by atoms with Gasteiger partial charge in [-0.05, 0) is 42.5 Å². The van der Waals surface area contributed by atoms with Crippen LogP contribution in [0.25, 0.3) is 0 Å². The Bertz CT molecular complexity index is 325. The maximum atomic E-state index is 13.0. The van der Waals surface area contributed by atoms with Gasteiger partial charge in [-0.25, -0.2) is 4.39 Å². The molecule has 2 N–H and O–H groups in total. The van der Waals surface area contributed by atoms with Gasteiger partial charge in [0.1, 0.15) is 5.82 Å². The fourth-order valence-corrected chi connectivity index (χ4v) is 2.00. The number of nitrogens with two attached hydrogens (primary N) is 1. The highest BCUT2D eigenvalue weighted by Crippen LogP contribution is 2.29. The van der Waals surface area contributed by atoms with Gasteiger partial charge in [-0.2, -0.15) is 0 Å². The topological polar surface area (TPSA) is 26.0 Å². The molecule has 1 aromatic carbocycles. The molecule has 0 amide bonds. The van der Waals surface area contributed by atoms with Gasteiger partial charge >= 0.3 is 0 Å². The lowest BCUT2D eigenvalue weighted by atomic mass is 9.86. The van der Waals surface area contributed by atoms with Gasteiger partial charge in [0, 0.05) is 0 Å². The third-order valence-corrected chi connectivity index (χ3v) is 2.94. The predicted octanol–water partition coefficient (Wildman–Crippen LogP) is 3.57. The molecule has 1 aromatic rings. The van der Waals surface area contributed by atoms with Crippen molar-refractivity contribution in [2.45, 2.75) is 26.2 Å². The molecular weight excluding hydrogens is 213 g/mol. The van der Waals surface area contributed by atoms with Crippen LogP contribution < -0.4 is 5.73 Å². The molecule has 0 radical (unpaired) electrons. The lowest BCUT2D eigenvalue weighted by Crippen LogP contribution is -2.12. The van der Waals surface area contributed by atoms with Crippen molar-refractivity contribution in [3.8, 4) is 0 Å². The minimum atomic E-state index is -0.365. The summed E-state index contributed by atoms with van der Waals surface area (Å²) in [6, 6.07) is 4.92. The molecule has 0 aromatic heterocycles. The molecule has 3 heteroatoms. The number of halogens is 2. The Balaban J connectivity index is 2.95. The molecule has 84 valence electrons. The van der Waals surface area contributed by atoms with Crippen molar-refractivity contribution >= 4 is 11.6 Å². The second kappa shape index (κ2) is 5.47. The Morgan fingerprint density at radius 2 is 2.07 bits per heavy atom. The van der Waals surface area contributed by atoms with Crippen molar-refractivity contribution in [2.24, 2.45) is 11.7 Å². The molecule has 0 saturated carbocycles. The molecular formula is C12H17ClFN. The van der Waals surface area contributed by atoms with Gasteiger partial charge < -0.3 is 5.73 Å². The summed E-state index contributed by atoms with van der Waals surface area (Å²) < 4.78 is 13.0. The van der Waals surface area contributed by atoms with E-state index in [1.165, 1.54) is 6.07 Å². The van der Waals surface area contributed by atoms with E-state index < -0.39 is 0 Å². The van der Waals surface area contributed by atoms with Crippen molar-refractivity contribution in [3.05, 3.63) is 34.6 Å². The van der Waals surface area contributed by atoms with Crippen LogP contribution in [0.4, 0.5) is 4.39 Å². The van der Waals surface area contributed by atoms with Gasteiger partial charge in [0.15, 0.2) is 0 Å². The average Bonchev–Trinajstić information content (AvgIpc) is 2.18. The average molecular weight is 230 g/mol. The summed E-state index contributed by atoms with van der Waals surface area (Å²) in [4.78, 5) is 0. The largest absolute Gasteiger partial charge is 0.330 e. The second-order valence-corrected chi connectivity index (χ2v) is 4.51. The molecule has 0 aliphatic rings. The highest BCUT2D eigenvalue weighted by atomic mass is 35.5. The first kappa shape index (κ1) is 12.5. The van der Waals surface area contributed by atoms with Crippen molar-refractivity contribution in [2.75, 3.05) is 6.54 Å². The Morgan fingerprint density at radius 3 is 2.53 bits per heavy atom. The summed E-state index contributed by atoms with van der Waals surface area (Å²) in [5.74, 6) is 0.471. The minimum Gasteiger partial charge on any atom is -0.330 e. The smallest absolute Gasteiger partial charge is 0.141 e. The number of hydrogen-bond acceptors (Lipinski definition) is 1. The van der Waals surface area contributed by atoms with Crippen LogP contribution in [0, 0.1) is 11.7 Å². The van der Waals surface area contributed by atoms with Crippen LogP contribution in [0.5, 0.6) is 0 Å². The summed E-state index contributed by atoms with van der Waals surface area (Å²) in [6.07, 6.45) is 0.902. The quantitative estimate of drug-likeness (QED) is 0.840. The molecule has 0 fully saturated rings. The van der Waals surface area contributed by atoms with Gasteiger partial charge in [0.25, 0.3) is 0 Å². The predicted molar refractivity (Wildman–Crippen MR) is 62.7 cm³/mol. The maximum Gasteiger partial charge on any atom is 0.141 e. The monoisotopic (exact) mass is 229 g/mol. The third-order valence-electron chi connectivity index (χ3n) is 2.65. The lowest BCUT2D eigenvalue weighted by molar-refractivity contribution is 0.472. The molecule has 0 aliphatic heterocycles. The number of benzene rings is 1. The molecule has 1 unspecified atom stereocenters. The first-order valence-corrected chi connectivity index (χ1v) is 5.59. The normalized spacial score (nSPS) is 13.2. The Kier molecular flexibility index (Phi) is 4.55. The van der Waals surface area contributed by atoms with Crippen LogP contribution in [0.15, 0.2) is 18.2 Å². The van der Waals surface area contributed by atoms with Gasteiger partial charge in [-0.15, -0.1) is 0 Å². The van der Waals surface area contributed by atoms with Crippen LogP contribution in [0.3, 0.4) is 0 Å². The molecule has 15 heavy (non-hydrogen) atoms. The Labute approximate surface area is 95.4 Å². The molecule has 1 rings (SSSR count). The SMILES string of the molecule is CC(C)C(CCN)c1ccc(F)c(Cl)c1. The van der Waals surface area contributed by atoms with Gasteiger partial charge in [-0.3, -0.25) is 0 Å². The third kappa shape index (κ3) is 3.18. The van der Waals surface area contributed by atoms with E-state index in [0.29, 0.717) is 18.4 Å². The van der Waals surface area contributed by atoms with E-state index in [1.807, 2.05) is 0 Å². The highest BCUT2D eigenvalue weighted by Gasteiger charge is 2.16. The van der Waals surface area contributed by atoms with Crippen molar-refractivity contribution < 1.29 is 4.39 Å². The van der Waals surface area contributed by atoms with Crippen molar-refractivity contribution in [1.29, 1.82) is 0 Å². The number of rotatable bonds is 4. The van der Waals surface area contributed by atoms with E-state index in [-0.39, 0.29) is 10.8 Å². The van der Waals surface area contributed by atoms with E-state index in [0.717, 1.165) is 12.0 Å². The summed E-state index contributed by atoms with van der Waals surface area (Å²) in [7, 11) is 0. The van der Waals surface area contributed by atoms with Crippen molar-refractivity contribution in [3.63, 3.8) is 0 Å². The van der Waals surface area contributed by atoms with Gasteiger partial charge in [0.05, 0.1) is 5.02 Å². The van der Waals surface area contributed by atoms with E-state index in [4.69, 9.17) is 17.3 Å². The first-order chi connectivity index (χ1) is 7.06. The van der Waals surface area contributed by atoms with Crippen LogP contribution >= 0.6 is 11.6 Å². The fraction of sp³-hybridized carbons (Fsp3) is 0.500. The highest BCUT2D eigenvalue weighted by molar-refractivity contribution is 6.30. The second-order valence-electron chi connectivity index (χ2n) is 4.10. The van der Waals surface area contributed by atoms with Gasteiger partial charge in [0.2, 0.25) is 0 Å². The zero-order chi connectivity index (χ0) is 11.4. The standard InChI is InChI=1S/C12H17ClFN/c1-8(2)10(5-6-15)9-3-4-12(14)11(13)7-9/h3-4,7-8,10H,5-6,15H2,1-2H3. The molecule has 0 bridgehead atoms. The summed E-state index contributed by atoms with van der Waals surface area (Å²) >= 11 is 5.76. The van der Waals surface area contributed by atoms with Gasteiger partial charge in [-0.1, -0.05) is 31.5 Å². The molecule has 0 saturated heterocycles. The van der Waals surface area contributed by atoms with E-state index >= 15 is 0 Å². The maximum absolute atomic E-state index is 13.0. The van der Waals surface area contributed by atoms with E-state index in [9.17, 15) is 4.39 Å². The van der Waals surface area contributed by atoms with E-state index in [2.05, 4.69) is 13.8 Å². The zero-order valence-corrected chi connectivity index (χ0v) is 9.89. The minimum absolute atomic E-state index is 0.190. The van der Waals surface area contributed by atoms with Crippen molar-refractivity contribution in [1.82, 2.24) is 0 Å². The summed E-state index contributed by atoms with van der Waals surface area (Å²) in [6.45, 7) is 4.91. The summed E-state index contributed by atoms with van der Waals surface area (Å²) in [5.41, 5.74) is 6.64. The fourth-order valence-electron chi connectivity index (χ4n) is 1.81. The molecule has 0 aliphatic carbocycles. The van der Waals surface area contributed by atoms with E-state index in [1.54, 1.807) is 12.1 Å². The van der Waals surface area contributed by atoms with Crippen LogP contribution in [-0.2, 0) is 0 Å². The van der Waals surface area contributed by atoms with Crippen LogP contribution in [0.2, 0.25) is 5.02 Å². The van der Waals surface area contributed by atoms with Crippen LogP contribution in [0.1, 0.15) is 31.7 Å². The Hall–Kier alpha value is -0.600. The number of hydrogen-bond donors (Lipinski definition) is 1. The Morgan fingerprint density at radius 1 is 1.40 bits per heavy atom. The molecule has 1 atom stereocenters. The molecule has 0 heterocycles. The molecule has 0 spiro atoms.